The quantitative estimate of drug-likeness (QED) is 0.892. The van der Waals surface area contributed by atoms with Crippen LogP contribution in [-0.4, -0.2) is 37.0 Å². The minimum absolute atomic E-state index is 0.106. The van der Waals surface area contributed by atoms with Gasteiger partial charge in [-0.05, 0) is 19.4 Å². The minimum Gasteiger partial charge on any atom is -0.337 e. The molecule has 1 N–H and O–H groups in total. The van der Waals surface area contributed by atoms with E-state index in [2.05, 4.69) is 5.32 Å². The Labute approximate surface area is 109 Å². The summed E-state index contributed by atoms with van der Waals surface area (Å²) < 4.78 is 39.9. The highest BCUT2D eigenvalue weighted by atomic mass is 19.1. The summed E-state index contributed by atoms with van der Waals surface area (Å²) in [6.45, 7) is 1.46. The highest BCUT2D eigenvalue weighted by Crippen LogP contribution is 2.19. The Hall–Kier alpha value is -1.56. The predicted molar refractivity (Wildman–Crippen MR) is 64.3 cm³/mol. The third kappa shape index (κ3) is 2.89. The molecule has 1 aliphatic heterocycles. The smallest absolute Gasteiger partial charge is 0.259 e. The summed E-state index contributed by atoms with van der Waals surface area (Å²) in [7, 11) is 1.50. The van der Waals surface area contributed by atoms with E-state index in [1.165, 1.54) is 11.9 Å². The molecule has 1 amide bonds. The summed E-state index contributed by atoms with van der Waals surface area (Å²) in [5, 5.41) is 3.12. The Kier molecular flexibility index (Phi) is 4.09. The van der Waals surface area contributed by atoms with Crippen LogP contribution in [0.25, 0.3) is 0 Å². The average molecular weight is 272 g/mol. The maximum Gasteiger partial charge on any atom is 0.259 e. The van der Waals surface area contributed by atoms with Crippen LogP contribution >= 0.6 is 0 Å². The number of halogens is 3. The van der Waals surface area contributed by atoms with Crippen LogP contribution in [0.15, 0.2) is 12.1 Å². The molecule has 0 aliphatic carbocycles. The van der Waals surface area contributed by atoms with E-state index in [0.717, 1.165) is 19.4 Å². The first-order valence-electron chi connectivity index (χ1n) is 6.13. The van der Waals surface area contributed by atoms with Crippen molar-refractivity contribution >= 4 is 5.91 Å². The summed E-state index contributed by atoms with van der Waals surface area (Å²) in [4.78, 5) is 13.4. The van der Waals surface area contributed by atoms with Crippen molar-refractivity contribution in [3.8, 4) is 0 Å². The van der Waals surface area contributed by atoms with Crippen molar-refractivity contribution in [1.29, 1.82) is 0 Å². The summed E-state index contributed by atoms with van der Waals surface area (Å²) in [6, 6.07) is 0.928. The van der Waals surface area contributed by atoms with Crippen molar-refractivity contribution in [2.24, 2.45) is 0 Å². The molecule has 19 heavy (non-hydrogen) atoms. The number of likely N-dealkylation sites (N-methyl/N-ethyl adjacent to an activating group) is 1. The van der Waals surface area contributed by atoms with E-state index in [0.29, 0.717) is 18.7 Å². The number of benzene rings is 1. The van der Waals surface area contributed by atoms with Gasteiger partial charge in [0.1, 0.15) is 23.0 Å². The second-order valence-electron chi connectivity index (χ2n) is 4.66. The van der Waals surface area contributed by atoms with Gasteiger partial charge in [-0.3, -0.25) is 4.79 Å². The molecule has 6 heteroatoms. The molecule has 0 spiro atoms. The summed E-state index contributed by atoms with van der Waals surface area (Å²) in [5.74, 6) is -4.13. The fourth-order valence-electron chi connectivity index (χ4n) is 2.25. The van der Waals surface area contributed by atoms with Crippen LogP contribution in [0.5, 0.6) is 0 Å². The van der Waals surface area contributed by atoms with Gasteiger partial charge >= 0.3 is 0 Å². The molecule has 1 aromatic rings. The number of hydrogen-bond acceptors (Lipinski definition) is 2. The first kappa shape index (κ1) is 13.9. The Morgan fingerprint density at radius 3 is 2.47 bits per heavy atom. The van der Waals surface area contributed by atoms with E-state index < -0.39 is 28.9 Å². The van der Waals surface area contributed by atoms with Gasteiger partial charge in [-0.2, -0.15) is 0 Å². The van der Waals surface area contributed by atoms with E-state index in [9.17, 15) is 18.0 Å². The SMILES string of the molecule is CN(C(=O)c1c(F)cc(F)cc1F)C1CCCNC1. The molecule has 104 valence electrons. The number of carbonyl (C=O) groups is 1. The number of hydrogen-bond donors (Lipinski definition) is 1. The highest BCUT2D eigenvalue weighted by Gasteiger charge is 2.27. The fraction of sp³-hybridized carbons (Fsp3) is 0.462. The molecule has 1 fully saturated rings. The number of amides is 1. The average Bonchev–Trinajstić information content (AvgIpc) is 2.37. The molecular formula is C13H15F3N2O. The van der Waals surface area contributed by atoms with Crippen molar-refractivity contribution < 1.29 is 18.0 Å². The molecule has 0 bridgehead atoms. The van der Waals surface area contributed by atoms with Crippen molar-refractivity contribution in [2.45, 2.75) is 18.9 Å². The van der Waals surface area contributed by atoms with Crippen molar-refractivity contribution in [3.63, 3.8) is 0 Å². The Morgan fingerprint density at radius 2 is 1.95 bits per heavy atom. The van der Waals surface area contributed by atoms with Crippen LogP contribution in [0.4, 0.5) is 13.2 Å². The molecular weight excluding hydrogens is 257 g/mol. The topological polar surface area (TPSA) is 32.3 Å². The van der Waals surface area contributed by atoms with E-state index in [-0.39, 0.29) is 6.04 Å². The third-order valence-electron chi connectivity index (χ3n) is 3.36. The van der Waals surface area contributed by atoms with Gasteiger partial charge in [-0.15, -0.1) is 0 Å². The maximum absolute atomic E-state index is 13.5. The predicted octanol–water partition coefficient (Wildman–Crippen LogP) is 1.93. The van der Waals surface area contributed by atoms with Gasteiger partial charge < -0.3 is 10.2 Å². The Balaban J connectivity index is 2.23. The molecule has 0 saturated carbocycles. The zero-order chi connectivity index (χ0) is 14.0. The second-order valence-corrected chi connectivity index (χ2v) is 4.66. The molecule has 1 aromatic carbocycles. The lowest BCUT2D eigenvalue weighted by molar-refractivity contribution is 0.0698. The van der Waals surface area contributed by atoms with Gasteiger partial charge in [0.25, 0.3) is 5.91 Å². The highest BCUT2D eigenvalue weighted by molar-refractivity contribution is 5.94. The summed E-state index contributed by atoms with van der Waals surface area (Å²) >= 11 is 0. The van der Waals surface area contributed by atoms with Gasteiger partial charge in [0.2, 0.25) is 0 Å². The van der Waals surface area contributed by atoms with Gasteiger partial charge in [0, 0.05) is 31.8 Å². The lowest BCUT2D eigenvalue weighted by Gasteiger charge is -2.31. The number of carbonyl (C=O) groups excluding carboxylic acids is 1. The Morgan fingerprint density at radius 1 is 1.32 bits per heavy atom. The number of rotatable bonds is 2. The van der Waals surface area contributed by atoms with Crippen LogP contribution in [-0.2, 0) is 0 Å². The molecule has 1 saturated heterocycles. The van der Waals surface area contributed by atoms with E-state index in [4.69, 9.17) is 0 Å². The van der Waals surface area contributed by atoms with Crippen LogP contribution in [0, 0.1) is 17.5 Å². The lowest BCUT2D eigenvalue weighted by Crippen LogP contribution is -2.47. The zero-order valence-corrected chi connectivity index (χ0v) is 10.5. The lowest BCUT2D eigenvalue weighted by atomic mass is 10.0. The maximum atomic E-state index is 13.5. The number of piperidine rings is 1. The van der Waals surface area contributed by atoms with Gasteiger partial charge in [0.05, 0.1) is 0 Å². The van der Waals surface area contributed by atoms with E-state index in [1.54, 1.807) is 0 Å². The fourth-order valence-corrected chi connectivity index (χ4v) is 2.25. The monoisotopic (exact) mass is 272 g/mol. The molecule has 1 aliphatic rings. The van der Waals surface area contributed by atoms with Gasteiger partial charge in [-0.25, -0.2) is 13.2 Å². The van der Waals surface area contributed by atoms with Crippen molar-refractivity contribution in [3.05, 3.63) is 35.1 Å². The van der Waals surface area contributed by atoms with Crippen LogP contribution in [0.3, 0.4) is 0 Å². The van der Waals surface area contributed by atoms with Crippen molar-refractivity contribution in [1.82, 2.24) is 10.2 Å². The molecule has 3 nitrogen and oxygen atoms in total. The summed E-state index contributed by atoms with van der Waals surface area (Å²) in [6.07, 6.45) is 1.68. The largest absolute Gasteiger partial charge is 0.337 e. The van der Waals surface area contributed by atoms with Gasteiger partial charge in [0.15, 0.2) is 0 Å². The van der Waals surface area contributed by atoms with E-state index >= 15 is 0 Å². The zero-order valence-electron chi connectivity index (χ0n) is 10.5. The normalized spacial score (nSPS) is 19.3. The standard InChI is InChI=1S/C13H15F3N2O/c1-18(9-3-2-4-17-7-9)13(19)12-10(15)5-8(14)6-11(12)16/h5-6,9,17H,2-4,7H2,1H3. The minimum atomic E-state index is -1.17. The van der Waals surface area contributed by atoms with E-state index in [1.807, 2.05) is 0 Å². The van der Waals surface area contributed by atoms with Gasteiger partial charge in [-0.1, -0.05) is 0 Å². The number of nitrogens with zero attached hydrogens (tertiary/aromatic N) is 1. The molecule has 0 aromatic heterocycles. The van der Waals surface area contributed by atoms with Crippen LogP contribution in [0.1, 0.15) is 23.2 Å². The molecule has 1 heterocycles. The Bertz CT molecular complexity index is 464. The van der Waals surface area contributed by atoms with Crippen LogP contribution < -0.4 is 5.32 Å². The first-order chi connectivity index (χ1) is 9.00. The van der Waals surface area contributed by atoms with Crippen LogP contribution in [0.2, 0.25) is 0 Å². The second kappa shape index (κ2) is 5.61. The molecule has 0 radical (unpaired) electrons. The third-order valence-corrected chi connectivity index (χ3v) is 3.36. The summed E-state index contributed by atoms with van der Waals surface area (Å²) in [5.41, 5.74) is -0.700. The molecule has 1 unspecified atom stereocenters. The molecule has 1 atom stereocenters. The van der Waals surface area contributed by atoms with Crippen molar-refractivity contribution in [2.75, 3.05) is 20.1 Å². The first-order valence-corrected chi connectivity index (χ1v) is 6.13. The molecule has 2 rings (SSSR count). The number of nitrogens with one attached hydrogen (secondary N) is 1.